The quantitative estimate of drug-likeness (QED) is 0.868. The van der Waals surface area contributed by atoms with Gasteiger partial charge in [0.1, 0.15) is 5.82 Å². The average molecular weight is 322 g/mol. The molecule has 0 saturated heterocycles. The minimum absolute atomic E-state index is 0.000270. The topological polar surface area (TPSA) is 29.9 Å². The Labute approximate surface area is 123 Å². The summed E-state index contributed by atoms with van der Waals surface area (Å²) in [5.74, 6) is -0.800. The van der Waals surface area contributed by atoms with Gasteiger partial charge in [-0.3, -0.25) is 0 Å². The Morgan fingerprint density at radius 3 is 2.62 bits per heavy atom. The van der Waals surface area contributed by atoms with Gasteiger partial charge in [-0.05, 0) is 18.7 Å². The van der Waals surface area contributed by atoms with Crippen molar-refractivity contribution in [2.45, 2.75) is 19.6 Å². The molecule has 0 aliphatic rings. The lowest BCUT2D eigenvalue weighted by Gasteiger charge is -2.13. The van der Waals surface area contributed by atoms with Crippen molar-refractivity contribution in [1.82, 2.24) is 15.1 Å². The van der Waals surface area contributed by atoms with E-state index in [0.717, 1.165) is 12.3 Å². The van der Waals surface area contributed by atoms with Crippen molar-refractivity contribution in [2.24, 2.45) is 0 Å². The molecule has 0 spiro atoms. The summed E-state index contributed by atoms with van der Waals surface area (Å²) in [5.41, 5.74) is -0.961. The van der Waals surface area contributed by atoms with Crippen LogP contribution in [0.15, 0.2) is 24.4 Å². The number of alkyl halides is 3. The number of nitrogens with zero attached hydrogens (tertiary/aromatic N) is 2. The van der Waals surface area contributed by atoms with Crippen molar-refractivity contribution in [3.63, 3.8) is 0 Å². The molecule has 0 unspecified atom stereocenters. The molecule has 0 aliphatic carbocycles. The summed E-state index contributed by atoms with van der Waals surface area (Å²) in [4.78, 5) is 0. The van der Waals surface area contributed by atoms with Crippen molar-refractivity contribution < 1.29 is 17.6 Å². The van der Waals surface area contributed by atoms with Gasteiger partial charge < -0.3 is 5.32 Å². The Bertz CT molecular complexity index is 637. The second-order valence-electron chi connectivity index (χ2n) is 4.31. The number of rotatable bonds is 4. The maximum absolute atomic E-state index is 13.4. The smallest absolute Gasteiger partial charge is 0.313 e. The summed E-state index contributed by atoms with van der Waals surface area (Å²) in [6, 6.07) is 3.39. The summed E-state index contributed by atoms with van der Waals surface area (Å²) >= 11 is 5.53. The van der Waals surface area contributed by atoms with Crippen LogP contribution in [0.5, 0.6) is 0 Å². The van der Waals surface area contributed by atoms with Crippen molar-refractivity contribution in [3.05, 3.63) is 46.5 Å². The van der Waals surface area contributed by atoms with Crippen LogP contribution in [0.3, 0.4) is 0 Å². The fraction of sp³-hybridized carbons (Fsp3) is 0.308. The third kappa shape index (κ3) is 3.36. The molecule has 1 aromatic carbocycles. The molecule has 0 bridgehead atoms. The Hall–Kier alpha value is -1.60. The molecule has 8 heteroatoms. The largest absolute Gasteiger partial charge is 0.433 e. The fourth-order valence-corrected chi connectivity index (χ4v) is 2.00. The molecule has 0 radical (unpaired) electrons. The van der Waals surface area contributed by atoms with Gasteiger partial charge in [-0.1, -0.05) is 18.5 Å². The average Bonchev–Trinajstić information content (AvgIpc) is 2.83. The maximum atomic E-state index is 13.4. The van der Waals surface area contributed by atoms with Gasteiger partial charge in [0, 0.05) is 18.2 Å². The van der Waals surface area contributed by atoms with Gasteiger partial charge in [-0.25, -0.2) is 9.07 Å². The minimum Gasteiger partial charge on any atom is -0.313 e. The predicted octanol–water partition coefficient (Wildman–Crippen LogP) is 3.79. The second kappa shape index (κ2) is 6.03. The van der Waals surface area contributed by atoms with Crippen molar-refractivity contribution in [2.75, 3.05) is 6.54 Å². The van der Waals surface area contributed by atoms with E-state index in [0.29, 0.717) is 11.2 Å². The highest BCUT2D eigenvalue weighted by molar-refractivity contribution is 6.30. The van der Waals surface area contributed by atoms with E-state index in [4.69, 9.17) is 11.6 Å². The maximum Gasteiger partial charge on any atom is 0.433 e. The van der Waals surface area contributed by atoms with Gasteiger partial charge in [-0.2, -0.15) is 18.3 Å². The molecule has 0 atom stereocenters. The Morgan fingerprint density at radius 1 is 1.33 bits per heavy atom. The van der Waals surface area contributed by atoms with Crippen LogP contribution in [0.4, 0.5) is 17.6 Å². The lowest BCUT2D eigenvalue weighted by Crippen LogP contribution is -2.19. The molecular weight excluding hydrogens is 310 g/mol. The van der Waals surface area contributed by atoms with Crippen LogP contribution in [0.25, 0.3) is 5.69 Å². The highest BCUT2D eigenvalue weighted by Crippen LogP contribution is 2.34. The van der Waals surface area contributed by atoms with Gasteiger partial charge in [0.15, 0.2) is 5.69 Å². The monoisotopic (exact) mass is 321 g/mol. The fourth-order valence-electron chi connectivity index (χ4n) is 1.89. The van der Waals surface area contributed by atoms with Crippen molar-refractivity contribution >= 4 is 11.6 Å². The van der Waals surface area contributed by atoms with Crippen molar-refractivity contribution in [1.29, 1.82) is 0 Å². The first-order valence-electron chi connectivity index (χ1n) is 6.14. The molecule has 1 N–H and O–H groups in total. The van der Waals surface area contributed by atoms with E-state index in [1.807, 2.05) is 0 Å². The first-order chi connectivity index (χ1) is 9.84. The van der Waals surface area contributed by atoms with E-state index >= 15 is 0 Å². The Morgan fingerprint density at radius 2 is 2.05 bits per heavy atom. The van der Waals surface area contributed by atoms with Crippen LogP contribution < -0.4 is 5.32 Å². The van der Waals surface area contributed by atoms with Crippen LogP contribution in [0.1, 0.15) is 18.2 Å². The zero-order valence-electron chi connectivity index (χ0n) is 11.0. The zero-order chi connectivity index (χ0) is 15.6. The van der Waals surface area contributed by atoms with Gasteiger partial charge in [0.2, 0.25) is 0 Å². The second-order valence-corrected chi connectivity index (χ2v) is 4.71. The van der Waals surface area contributed by atoms with Gasteiger partial charge >= 0.3 is 6.18 Å². The molecule has 1 aromatic heterocycles. The molecule has 0 aliphatic heterocycles. The Balaban J connectivity index is 2.52. The molecule has 21 heavy (non-hydrogen) atoms. The number of halogens is 5. The first kappa shape index (κ1) is 15.8. The number of benzene rings is 1. The van der Waals surface area contributed by atoms with Crippen LogP contribution in [0.2, 0.25) is 5.02 Å². The minimum atomic E-state index is -4.60. The standard InChI is InChI=1S/C13H12ClF4N3/c1-2-19-6-8-7-20-21(12(8)13(16,17)18)9-3-4-10(14)11(15)5-9/h3-5,7,19H,2,6H2,1H3. The van der Waals surface area contributed by atoms with E-state index in [9.17, 15) is 17.6 Å². The molecule has 114 valence electrons. The number of hydrogen-bond donors (Lipinski definition) is 1. The molecule has 0 fully saturated rings. The van der Waals surface area contributed by atoms with Gasteiger partial charge in [-0.15, -0.1) is 0 Å². The first-order valence-corrected chi connectivity index (χ1v) is 6.52. The molecule has 0 amide bonds. The van der Waals surface area contributed by atoms with Crippen LogP contribution in [0, 0.1) is 5.82 Å². The van der Waals surface area contributed by atoms with E-state index in [2.05, 4.69) is 10.4 Å². The summed E-state index contributed by atoms with van der Waals surface area (Å²) in [6.45, 7) is 2.34. The molecule has 3 nitrogen and oxygen atoms in total. The molecular formula is C13H12ClF4N3. The van der Waals surface area contributed by atoms with Crippen LogP contribution in [-0.2, 0) is 12.7 Å². The molecule has 0 saturated carbocycles. The highest BCUT2D eigenvalue weighted by Gasteiger charge is 2.38. The lowest BCUT2D eigenvalue weighted by atomic mass is 10.2. The number of nitrogens with one attached hydrogen (secondary N) is 1. The Kier molecular flexibility index (Phi) is 4.53. The summed E-state index contributed by atoms with van der Waals surface area (Å²) < 4.78 is 53.8. The third-order valence-electron chi connectivity index (χ3n) is 2.83. The van der Waals surface area contributed by atoms with Crippen molar-refractivity contribution in [3.8, 4) is 5.69 Å². The number of hydrogen-bond acceptors (Lipinski definition) is 2. The number of aromatic nitrogens is 2. The molecule has 2 aromatic rings. The normalized spacial score (nSPS) is 11.9. The SMILES string of the molecule is CCNCc1cnn(-c2ccc(Cl)c(F)c2)c1C(F)(F)F. The van der Waals surface area contributed by atoms with E-state index in [1.54, 1.807) is 6.92 Å². The molecule has 1 heterocycles. The van der Waals surface area contributed by atoms with Crippen LogP contribution >= 0.6 is 11.6 Å². The highest BCUT2D eigenvalue weighted by atomic mass is 35.5. The van der Waals surface area contributed by atoms with E-state index < -0.39 is 17.7 Å². The van der Waals surface area contributed by atoms with E-state index in [1.165, 1.54) is 12.1 Å². The summed E-state index contributed by atoms with van der Waals surface area (Å²) in [6.07, 6.45) is -3.48. The lowest BCUT2D eigenvalue weighted by molar-refractivity contribution is -0.143. The van der Waals surface area contributed by atoms with Gasteiger partial charge in [0.25, 0.3) is 0 Å². The van der Waals surface area contributed by atoms with Gasteiger partial charge in [0.05, 0.1) is 16.9 Å². The molecule has 2 rings (SSSR count). The third-order valence-corrected chi connectivity index (χ3v) is 3.13. The summed E-state index contributed by atoms with van der Waals surface area (Å²) in [7, 11) is 0. The van der Waals surface area contributed by atoms with Crippen LogP contribution in [-0.4, -0.2) is 16.3 Å². The summed E-state index contributed by atoms with van der Waals surface area (Å²) in [5, 5.41) is 6.38. The predicted molar refractivity (Wildman–Crippen MR) is 70.9 cm³/mol. The zero-order valence-corrected chi connectivity index (χ0v) is 11.8. The van der Waals surface area contributed by atoms with E-state index in [-0.39, 0.29) is 22.8 Å².